The first-order valence-electron chi connectivity index (χ1n) is 13.1. The molecule has 0 aromatic heterocycles. The third-order valence-corrected chi connectivity index (χ3v) is 7.28. The average molecular weight is 563 g/mol. The van der Waals surface area contributed by atoms with Crippen LogP contribution in [-0.2, 0) is 20.8 Å². The quantitative estimate of drug-likeness (QED) is 0.556. The van der Waals surface area contributed by atoms with Crippen molar-refractivity contribution in [3.05, 3.63) is 53.6 Å². The Morgan fingerprint density at radius 3 is 2.35 bits per heavy atom. The molecule has 9 nitrogen and oxygen atoms in total. The Labute approximate surface area is 230 Å². The third kappa shape index (κ3) is 7.16. The summed E-state index contributed by atoms with van der Waals surface area (Å²) >= 11 is 0. The number of nitrogens with two attached hydrogens (primary N) is 1. The number of alkyl halides is 3. The maximum Gasteiger partial charge on any atom is 0.573 e. The topological polar surface area (TPSA) is 105 Å². The zero-order chi connectivity index (χ0) is 29.0. The minimum Gasteiger partial charge on any atom is -0.490 e. The SMILES string of the molecule is CC(=O)N1CCC(Oc2ccc(CC(=O)N3CCN(c4ccccc4C)CC3C(N)=O)c(OC(F)(F)F)c2)CC1. The first kappa shape index (κ1) is 29.0. The molecule has 0 bridgehead atoms. The predicted molar refractivity (Wildman–Crippen MR) is 141 cm³/mol. The molecular weight excluding hydrogens is 529 g/mol. The van der Waals surface area contributed by atoms with Crippen molar-refractivity contribution in [1.82, 2.24) is 9.80 Å². The Morgan fingerprint density at radius 1 is 1.02 bits per heavy atom. The van der Waals surface area contributed by atoms with Crippen LogP contribution in [-0.4, -0.2) is 78.8 Å². The number of halogens is 3. The Hall–Kier alpha value is -3.96. The summed E-state index contributed by atoms with van der Waals surface area (Å²) in [5.74, 6) is -1.65. The zero-order valence-corrected chi connectivity index (χ0v) is 22.4. The summed E-state index contributed by atoms with van der Waals surface area (Å²) in [7, 11) is 0. The fraction of sp³-hybridized carbons (Fsp3) is 0.464. The van der Waals surface area contributed by atoms with Gasteiger partial charge in [0.25, 0.3) is 0 Å². The average Bonchev–Trinajstić information content (AvgIpc) is 2.89. The number of piperazine rings is 1. The van der Waals surface area contributed by atoms with Crippen LogP contribution in [0.4, 0.5) is 18.9 Å². The highest BCUT2D eigenvalue weighted by molar-refractivity contribution is 5.89. The van der Waals surface area contributed by atoms with Gasteiger partial charge in [-0.3, -0.25) is 14.4 Å². The molecule has 216 valence electrons. The van der Waals surface area contributed by atoms with Gasteiger partial charge in [0.15, 0.2) is 0 Å². The number of aryl methyl sites for hydroxylation is 1. The number of benzene rings is 2. The van der Waals surface area contributed by atoms with Crippen molar-refractivity contribution < 1.29 is 37.0 Å². The number of hydrogen-bond acceptors (Lipinski definition) is 6. The number of hydrogen-bond donors (Lipinski definition) is 1. The van der Waals surface area contributed by atoms with Gasteiger partial charge >= 0.3 is 6.36 Å². The summed E-state index contributed by atoms with van der Waals surface area (Å²) in [4.78, 5) is 42.1. The zero-order valence-electron chi connectivity index (χ0n) is 22.4. The molecule has 0 saturated carbocycles. The molecule has 2 aromatic rings. The van der Waals surface area contributed by atoms with Gasteiger partial charge in [0.1, 0.15) is 23.6 Å². The Kier molecular flexibility index (Phi) is 8.75. The van der Waals surface area contributed by atoms with Crippen molar-refractivity contribution in [2.24, 2.45) is 5.73 Å². The van der Waals surface area contributed by atoms with Gasteiger partial charge in [0.2, 0.25) is 17.7 Å². The van der Waals surface area contributed by atoms with E-state index in [0.29, 0.717) is 32.5 Å². The summed E-state index contributed by atoms with van der Waals surface area (Å²) in [6, 6.07) is 10.7. The molecule has 3 amide bonds. The fourth-order valence-corrected chi connectivity index (χ4v) is 5.18. The van der Waals surface area contributed by atoms with Crippen LogP contribution in [0.15, 0.2) is 42.5 Å². The lowest BCUT2D eigenvalue weighted by molar-refractivity contribution is -0.275. The molecule has 1 atom stereocenters. The number of ether oxygens (including phenoxy) is 2. The van der Waals surface area contributed by atoms with Crippen LogP contribution < -0.4 is 20.1 Å². The van der Waals surface area contributed by atoms with E-state index in [1.807, 2.05) is 36.1 Å². The molecule has 1 unspecified atom stereocenters. The molecule has 2 aliphatic heterocycles. The number of likely N-dealkylation sites (tertiary alicyclic amines) is 1. The van der Waals surface area contributed by atoms with Gasteiger partial charge in [0, 0.05) is 69.8 Å². The van der Waals surface area contributed by atoms with Crippen LogP contribution >= 0.6 is 0 Å². The molecule has 2 saturated heterocycles. The van der Waals surface area contributed by atoms with E-state index in [-0.39, 0.29) is 36.4 Å². The van der Waals surface area contributed by atoms with Crippen molar-refractivity contribution in [2.75, 3.05) is 37.6 Å². The summed E-state index contributed by atoms with van der Waals surface area (Å²) in [5.41, 5.74) is 7.57. The predicted octanol–water partition coefficient (Wildman–Crippen LogP) is 3.03. The maximum absolute atomic E-state index is 13.3. The summed E-state index contributed by atoms with van der Waals surface area (Å²) in [6.07, 6.45) is -4.60. The summed E-state index contributed by atoms with van der Waals surface area (Å²) < 4.78 is 49.9. The Morgan fingerprint density at radius 2 is 1.73 bits per heavy atom. The highest BCUT2D eigenvalue weighted by Crippen LogP contribution is 2.33. The number of piperidine rings is 1. The lowest BCUT2D eigenvalue weighted by Gasteiger charge is -2.41. The van der Waals surface area contributed by atoms with Crippen molar-refractivity contribution >= 4 is 23.4 Å². The first-order chi connectivity index (χ1) is 18.9. The van der Waals surface area contributed by atoms with E-state index < -0.39 is 36.4 Å². The summed E-state index contributed by atoms with van der Waals surface area (Å²) in [5, 5.41) is 0. The number of primary amides is 1. The molecule has 2 aromatic carbocycles. The lowest BCUT2D eigenvalue weighted by atomic mass is 10.0. The standard InChI is InChI=1S/C28H33F3N4O5/c1-18-5-3-4-6-23(18)34-13-14-35(24(17-34)27(32)38)26(37)15-20-7-8-22(16-25(20)40-28(29,30)31)39-21-9-11-33(12-10-21)19(2)36/h3-8,16,21,24H,9-15,17H2,1-2H3,(H2,32,38). The molecule has 0 radical (unpaired) electrons. The van der Waals surface area contributed by atoms with Crippen molar-refractivity contribution in [3.8, 4) is 11.5 Å². The number of carbonyl (C=O) groups is 3. The molecule has 40 heavy (non-hydrogen) atoms. The van der Waals surface area contributed by atoms with Crippen molar-refractivity contribution in [3.63, 3.8) is 0 Å². The van der Waals surface area contributed by atoms with E-state index in [1.165, 1.54) is 24.0 Å². The van der Waals surface area contributed by atoms with Crippen LogP contribution in [0, 0.1) is 6.92 Å². The Bertz CT molecular complexity index is 1250. The molecule has 0 spiro atoms. The smallest absolute Gasteiger partial charge is 0.490 e. The van der Waals surface area contributed by atoms with E-state index in [9.17, 15) is 27.6 Å². The molecule has 2 aliphatic rings. The van der Waals surface area contributed by atoms with E-state index in [2.05, 4.69) is 4.74 Å². The monoisotopic (exact) mass is 562 g/mol. The van der Waals surface area contributed by atoms with Gasteiger partial charge in [0.05, 0.1) is 6.42 Å². The molecule has 2 fully saturated rings. The molecular formula is C28H33F3N4O5. The number of amides is 3. The van der Waals surface area contributed by atoms with Crippen molar-refractivity contribution in [1.29, 1.82) is 0 Å². The van der Waals surface area contributed by atoms with Crippen molar-refractivity contribution in [2.45, 2.75) is 51.6 Å². The molecule has 0 aliphatic carbocycles. The van der Waals surface area contributed by atoms with Crippen LogP contribution in [0.1, 0.15) is 30.9 Å². The number of nitrogens with zero attached hydrogens (tertiary/aromatic N) is 3. The highest BCUT2D eigenvalue weighted by atomic mass is 19.4. The van der Waals surface area contributed by atoms with Gasteiger partial charge in [-0.2, -0.15) is 0 Å². The normalized spacial score (nSPS) is 18.4. The van der Waals surface area contributed by atoms with Gasteiger partial charge in [-0.1, -0.05) is 24.3 Å². The summed E-state index contributed by atoms with van der Waals surface area (Å²) in [6.45, 7) is 5.20. The number of carbonyl (C=O) groups excluding carboxylic acids is 3. The molecule has 4 rings (SSSR count). The van der Waals surface area contributed by atoms with E-state index in [0.717, 1.165) is 17.3 Å². The second-order valence-corrected chi connectivity index (χ2v) is 10.1. The van der Waals surface area contributed by atoms with Crippen LogP contribution in [0.2, 0.25) is 0 Å². The Balaban J connectivity index is 1.48. The fourth-order valence-electron chi connectivity index (χ4n) is 5.18. The van der Waals surface area contributed by atoms with Gasteiger partial charge < -0.3 is 29.9 Å². The van der Waals surface area contributed by atoms with Crippen LogP contribution in [0.5, 0.6) is 11.5 Å². The number of para-hydroxylation sites is 1. The lowest BCUT2D eigenvalue weighted by Crippen LogP contribution is -2.60. The molecule has 12 heteroatoms. The second-order valence-electron chi connectivity index (χ2n) is 10.1. The molecule has 2 N–H and O–H groups in total. The minimum absolute atomic E-state index is 0.00521. The van der Waals surface area contributed by atoms with E-state index >= 15 is 0 Å². The number of rotatable bonds is 7. The second kappa shape index (κ2) is 12.1. The van der Waals surface area contributed by atoms with Gasteiger partial charge in [-0.25, -0.2) is 0 Å². The molecule has 2 heterocycles. The van der Waals surface area contributed by atoms with Gasteiger partial charge in [-0.05, 0) is 24.6 Å². The van der Waals surface area contributed by atoms with Crippen LogP contribution in [0.3, 0.4) is 0 Å². The largest absolute Gasteiger partial charge is 0.573 e. The first-order valence-corrected chi connectivity index (χ1v) is 13.1. The van der Waals surface area contributed by atoms with E-state index in [4.69, 9.17) is 10.5 Å². The van der Waals surface area contributed by atoms with Crippen LogP contribution in [0.25, 0.3) is 0 Å². The third-order valence-electron chi connectivity index (χ3n) is 7.28. The van der Waals surface area contributed by atoms with E-state index in [1.54, 1.807) is 4.90 Å². The minimum atomic E-state index is -4.99. The highest BCUT2D eigenvalue weighted by Gasteiger charge is 2.36. The van der Waals surface area contributed by atoms with Gasteiger partial charge in [-0.15, -0.1) is 13.2 Å². The maximum atomic E-state index is 13.3. The number of anilines is 1.